The molecular formula is C21H13ClF3N3O. The average Bonchev–Trinajstić information content (AvgIpc) is 3.18. The van der Waals surface area contributed by atoms with Gasteiger partial charge in [0, 0.05) is 5.56 Å². The van der Waals surface area contributed by atoms with Gasteiger partial charge in [0.25, 0.3) is 5.91 Å². The van der Waals surface area contributed by atoms with Gasteiger partial charge >= 0.3 is 6.18 Å². The highest BCUT2D eigenvalue weighted by molar-refractivity contribution is 6.34. The van der Waals surface area contributed by atoms with Gasteiger partial charge in [-0.25, -0.2) is 0 Å². The van der Waals surface area contributed by atoms with E-state index in [2.05, 4.69) is 15.5 Å². The summed E-state index contributed by atoms with van der Waals surface area (Å²) >= 11 is 5.94. The highest BCUT2D eigenvalue weighted by Crippen LogP contribution is 2.34. The van der Waals surface area contributed by atoms with Crippen molar-refractivity contribution in [1.82, 2.24) is 10.2 Å². The van der Waals surface area contributed by atoms with Crippen molar-refractivity contribution in [3.05, 3.63) is 83.0 Å². The summed E-state index contributed by atoms with van der Waals surface area (Å²) in [5.74, 6) is -0.648. The second-order valence-corrected chi connectivity index (χ2v) is 6.75. The van der Waals surface area contributed by atoms with Crippen molar-refractivity contribution in [2.45, 2.75) is 6.18 Å². The summed E-state index contributed by atoms with van der Waals surface area (Å²) in [6.07, 6.45) is -4.54. The molecule has 4 aromatic rings. The molecular weight excluding hydrogens is 403 g/mol. The van der Waals surface area contributed by atoms with E-state index in [-0.39, 0.29) is 16.4 Å². The highest BCUT2D eigenvalue weighted by Gasteiger charge is 2.31. The van der Waals surface area contributed by atoms with Crippen LogP contribution in [0.25, 0.3) is 22.0 Å². The van der Waals surface area contributed by atoms with E-state index in [0.717, 1.165) is 34.5 Å². The molecule has 0 saturated heterocycles. The van der Waals surface area contributed by atoms with Gasteiger partial charge in [0.15, 0.2) is 0 Å². The van der Waals surface area contributed by atoms with E-state index < -0.39 is 17.6 Å². The van der Waals surface area contributed by atoms with E-state index in [9.17, 15) is 18.0 Å². The SMILES string of the molecule is O=C(Nc1cc(C(F)(F)F)ccc1Cl)c1cc(-c2cccc3ccccc23)n[nH]1. The Morgan fingerprint density at radius 3 is 2.55 bits per heavy atom. The monoisotopic (exact) mass is 415 g/mol. The molecule has 146 valence electrons. The van der Waals surface area contributed by atoms with E-state index >= 15 is 0 Å². The molecule has 0 unspecified atom stereocenters. The Labute approximate surface area is 168 Å². The van der Waals surface area contributed by atoms with Gasteiger partial charge in [0.1, 0.15) is 5.69 Å². The summed E-state index contributed by atoms with van der Waals surface area (Å²) in [5.41, 5.74) is 0.435. The van der Waals surface area contributed by atoms with Crippen molar-refractivity contribution >= 4 is 34.0 Å². The van der Waals surface area contributed by atoms with E-state index in [4.69, 9.17) is 11.6 Å². The average molecular weight is 416 g/mol. The molecule has 4 rings (SSSR count). The molecule has 0 saturated carbocycles. The Morgan fingerprint density at radius 2 is 1.76 bits per heavy atom. The van der Waals surface area contributed by atoms with Crippen LogP contribution in [-0.2, 0) is 6.18 Å². The van der Waals surface area contributed by atoms with Crippen LogP contribution in [0.4, 0.5) is 18.9 Å². The van der Waals surface area contributed by atoms with Crippen LogP contribution < -0.4 is 5.32 Å². The van der Waals surface area contributed by atoms with Gasteiger partial charge in [-0.05, 0) is 35.0 Å². The molecule has 0 atom stereocenters. The number of aromatic amines is 1. The lowest BCUT2D eigenvalue weighted by Crippen LogP contribution is -2.14. The van der Waals surface area contributed by atoms with Crippen LogP contribution in [0.15, 0.2) is 66.7 Å². The first-order valence-electron chi connectivity index (χ1n) is 8.54. The molecule has 0 aliphatic heterocycles. The molecule has 1 heterocycles. The minimum absolute atomic E-state index is 0.000132. The molecule has 0 bridgehead atoms. The topological polar surface area (TPSA) is 57.8 Å². The summed E-state index contributed by atoms with van der Waals surface area (Å²) in [5, 5.41) is 11.2. The number of nitrogens with one attached hydrogen (secondary N) is 2. The quantitative estimate of drug-likeness (QED) is 0.421. The number of carbonyl (C=O) groups is 1. The minimum Gasteiger partial charge on any atom is -0.319 e. The Bertz CT molecular complexity index is 1210. The van der Waals surface area contributed by atoms with Crippen molar-refractivity contribution in [2.24, 2.45) is 0 Å². The van der Waals surface area contributed by atoms with Gasteiger partial charge in [-0.2, -0.15) is 18.3 Å². The van der Waals surface area contributed by atoms with E-state index in [1.165, 1.54) is 0 Å². The summed E-state index contributed by atoms with van der Waals surface area (Å²) < 4.78 is 38.7. The van der Waals surface area contributed by atoms with Gasteiger partial charge in [-0.15, -0.1) is 0 Å². The maximum Gasteiger partial charge on any atom is 0.416 e. The first-order valence-corrected chi connectivity index (χ1v) is 8.92. The molecule has 0 radical (unpaired) electrons. The van der Waals surface area contributed by atoms with Crippen molar-refractivity contribution in [3.8, 4) is 11.3 Å². The van der Waals surface area contributed by atoms with Crippen LogP contribution >= 0.6 is 11.6 Å². The van der Waals surface area contributed by atoms with E-state index in [1.54, 1.807) is 6.07 Å². The van der Waals surface area contributed by atoms with Gasteiger partial charge in [-0.3, -0.25) is 9.89 Å². The largest absolute Gasteiger partial charge is 0.416 e. The number of carbonyl (C=O) groups excluding carboxylic acids is 1. The molecule has 1 amide bonds. The Kier molecular flexibility index (Phi) is 4.76. The second kappa shape index (κ2) is 7.25. The molecule has 1 aromatic heterocycles. The lowest BCUT2D eigenvalue weighted by Gasteiger charge is -2.11. The van der Waals surface area contributed by atoms with Crippen LogP contribution in [0.1, 0.15) is 16.1 Å². The van der Waals surface area contributed by atoms with Gasteiger partial charge in [-0.1, -0.05) is 54.1 Å². The number of fused-ring (bicyclic) bond motifs is 1. The predicted molar refractivity (Wildman–Crippen MR) is 106 cm³/mol. The molecule has 8 heteroatoms. The highest BCUT2D eigenvalue weighted by atomic mass is 35.5. The van der Waals surface area contributed by atoms with Gasteiger partial charge in [0.05, 0.1) is 22.0 Å². The molecule has 0 fully saturated rings. The fraction of sp³-hybridized carbons (Fsp3) is 0.0476. The number of benzene rings is 3. The molecule has 0 spiro atoms. The number of amides is 1. The lowest BCUT2D eigenvalue weighted by molar-refractivity contribution is -0.137. The third-order valence-corrected chi connectivity index (χ3v) is 4.76. The van der Waals surface area contributed by atoms with E-state index in [1.807, 2.05) is 42.5 Å². The maximum absolute atomic E-state index is 12.9. The molecule has 4 nitrogen and oxygen atoms in total. The number of aromatic nitrogens is 2. The third kappa shape index (κ3) is 3.82. The smallest absolute Gasteiger partial charge is 0.319 e. The fourth-order valence-corrected chi connectivity index (χ4v) is 3.18. The van der Waals surface area contributed by atoms with Crippen LogP contribution in [0.3, 0.4) is 0 Å². The maximum atomic E-state index is 12.9. The summed E-state index contributed by atoms with van der Waals surface area (Å²) in [7, 11) is 0. The number of hydrogen-bond donors (Lipinski definition) is 2. The van der Waals surface area contributed by atoms with Gasteiger partial charge < -0.3 is 5.32 Å². The predicted octanol–water partition coefficient (Wildman–Crippen LogP) is 6.15. The van der Waals surface area contributed by atoms with Crippen molar-refractivity contribution < 1.29 is 18.0 Å². The molecule has 0 aliphatic rings. The summed E-state index contributed by atoms with van der Waals surface area (Å²) in [6.45, 7) is 0. The molecule has 3 aromatic carbocycles. The summed E-state index contributed by atoms with van der Waals surface area (Å²) in [4.78, 5) is 12.5. The number of rotatable bonds is 3. The lowest BCUT2D eigenvalue weighted by atomic mass is 10.0. The second-order valence-electron chi connectivity index (χ2n) is 6.34. The number of halogens is 4. The fourth-order valence-electron chi connectivity index (χ4n) is 3.01. The number of anilines is 1. The van der Waals surface area contributed by atoms with E-state index in [0.29, 0.717) is 5.69 Å². The normalized spacial score (nSPS) is 11.6. The number of H-pyrrole nitrogens is 1. The zero-order valence-electron chi connectivity index (χ0n) is 14.7. The van der Waals surface area contributed by atoms with Crippen molar-refractivity contribution in [1.29, 1.82) is 0 Å². The van der Waals surface area contributed by atoms with Crippen LogP contribution in [-0.4, -0.2) is 16.1 Å². The first kappa shape index (κ1) is 19.0. The third-order valence-electron chi connectivity index (χ3n) is 4.43. The Morgan fingerprint density at radius 1 is 1.00 bits per heavy atom. The molecule has 2 N–H and O–H groups in total. The minimum atomic E-state index is -4.54. The number of alkyl halides is 3. The first-order chi connectivity index (χ1) is 13.8. The molecule has 0 aliphatic carbocycles. The van der Waals surface area contributed by atoms with Gasteiger partial charge in [0.2, 0.25) is 0 Å². The number of nitrogens with zero attached hydrogens (tertiary/aromatic N) is 1. The van der Waals surface area contributed by atoms with Crippen molar-refractivity contribution in [3.63, 3.8) is 0 Å². The summed E-state index contributed by atoms with van der Waals surface area (Å²) in [6, 6.07) is 17.8. The zero-order valence-corrected chi connectivity index (χ0v) is 15.5. The Hall–Kier alpha value is -3.32. The number of hydrogen-bond acceptors (Lipinski definition) is 2. The van der Waals surface area contributed by atoms with Crippen LogP contribution in [0, 0.1) is 0 Å². The molecule has 29 heavy (non-hydrogen) atoms. The Balaban J connectivity index is 1.63. The van der Waals surface area contributed by atoms with Crippen LogP contribution in [0.2, 0.25) is 5.02 Å². The zero-order chi connectivity index (χ0) is 20.6. The van der Waals surface area contributed by atoms with Crippen LogP contribution in [0.5, 0.6) is 0 Å². The standard InChI is InChI=1S/C21H13ClF3N3O/c22-16-9-8-13(21(23,24)25)10-18(16)26-20(29)19-11-17(27-28-19)15-7-3-5-12-4-1-2-6-14(12)15/h1-11H,(H,26,29)(H,27,28). The van der Waals surface area contributed by atoms with Crippen molar-refractivity contribution in [2.75, 3.05) is 5.32 Å².